The van der Waals surface area contributed by atoms with Gasteiger partial charge in [-0.15, -0.1) is 0 Å². The van der Waals surface area contributed by atoms with Gasteiger partial charge in [0, 0.05) is 19.7 Å². The molecule has 16 heavy (non-hydrogen) atoms. The van der Waals surface area contributed by atoms with Gasteiger partial charge in [-0.25, -0.2) is 0 Å². The standard InChI is InChI=1S/C12H25NO3/c1-3-12(10-13-11-4-5-11)16-9-8-15-7-6-14-2/h11-13H,3-10H2,1-2H3. The number of rotatable bonds is 11. The van der Waals surface area contributed by atoms with E-state index < -0.39 is 0 Å². The van der Waals surface area contributed by atoms with E-state index in [0.29, 0.717) is 32.5 Å². The highest BCUT2D eigenvalue weighted by Crippen LogP contribution is 2.18. The van der Waals surface area contributed by atoms with Crippen molar-refractivity contribution in [2.45, 2.75) is 38.3 Å². The number of hydrogen-bond acceptors (Lipinski definition) is 4. The van der Waals surface area contributed by atoms with E-state index in [2.05, 4.69) is 12.2 Å². The van der Waals surface area contributed by atoms with Crippen molar-refractivity contribution in [3.8, 4) is 0 Å². The Labute approximate surface area is 98.6 Å². The van der Waals surface area contributed by atoms with Crippen LogP contribution in [0.3, 0.4) is 0 Å². The zero-order valence-corrected chi connectivity index (χ0v) is 10.5. The molecule has 1 N–H and O–H groups in total. The van der Waals surface area contributed by atoms with Gasteiger partial charge in [-0.2, -0.15) is 0 Å². The van der Waals surface area contributed by atoms with Crippen LogP contribution in [0.15, 0.2) is 0 Å². The van der Waals surface area contributed by atoms with E-state index in [1.54, 1.807) is 7.11 Å². The fourth-order valence-corrected chi connectivity index (χ4v) is 1.42. The van der Waals surface area contributed by atoms with Crippen molar-refractivity contribution < 1.29 is 14.2 Å². The molecule has 4 heteroatoms. The van der Waals surface area contributed by atoms with Crippen molar-refractivity contribution in [3.05, 3.63) is 0 Å². The fourth-order valence-electron chi connectivity index (χ4n) is 1.42. The Morgan fingerprint density at radius 1 is 1.19 bits per heavy atom. The largest absolute Gasteiger partial charge is 0.382 e. The van der Waals surface area contributed by atoms with Gasteiger partial charge in [0.1, 0.15) is 0 Å². The topological polar surface area (TPSA) is 39.7 Å². The molecule has 1 aliphatic carbocycles. The quantitative estimate of drug-likeness (QED) is 0.542. The first-order valence-electron chi connectivity index (χ1n) is 6.28. The molecule has 0 spiro atoms. The summed E-state index contributed by atoms with van der Waals surface area (Å²) in [5.41, 5.74) is 0. The molecule has 0 bridgehead atoms. The summed E-state index contributed by atoms with van der Waals surface area (Å²) in [6, 6.07) is 0.760. The van der Waals surface area contributed by atoms with Gasteiger partial charge in [0.15, 0.2) is 0 Å². The molecule has 1 saturated carbocycles. The summed E-state index contributed by atoms with van der Waals surface area (Å²) in [6.45, 7) is 5.76. The number of methoxy groups -OCH3 is 1. The van der Waals surface area contributed by atoms with Crippen molar-refractivity contribution >= 4 is 0 Å². The third-order valence-corrected chi connectivity index (χ3v) is 2.68. The third-order valence-electron chi connectivity index (χ3n) is 2.68. The summed E-state index contributed by atoms with van der Waals surface area (Å²) in [6.07, 6.45) is 4.04. The molecule has 0 aromatic heterocycles. The Hall–Kier alpha value is -0.160. The van der Waals surface area contributed by atoms with Crippen LogP contribution in [0.1, 0.15) is 26.2 Å². The van der Waals surface area contributed by atoms with Gasteiger partial charge in [-0.1, -0.05) is 6.92 Å². The maximum absolute atomic E-state index is 5.72. The lowest BCUT2D eigenvalue weighted by Gasteiger charge is -2.16. The highest BCUT2D eigenvalue weighted by Gasteiger charge is 2.21. The predicted octanol–water partition coefficient (Wildman–Crippen LogP) is 1.20. The Morgan fingerprint density at radius 2 is 1.94 bits per heavy atom. The molecule has 0 aliphatic heterocycles. The zero-order chi connectivity index (χ0) is 11.6. The molecule has 1 unspecified atom stereocenters. The SMILES string of the molecule is CCC(CNC1CC1)OCCOCCOC. The molecule has 1 rings (SSSR count). The van der Waals surface area contributed by atoms with E-state index in [1.165, 1.54) is 12.8 Å². The molecule has 1 atom stereocenters. The van der Waals surface area contributed by atoms with Gasteiger partial charge in [0.2, 0.25) is 0 Å². The van der Waals surface area contributed by atoms with Crippen LogP contribution in [0, 0.1) is 0 Å². The monoisotopic (exact) mass is 231 g/mol. The molecule has 0 radical (unpaired) electrons. The minimum atomic E-state index is 0.326. The van der Waals surface area contributed by atoms with E-state index >= 15 is 0 Å². The first-order chi connectivity index (χ1) is 7.86. The average molecular weight is 231 g/mol. The fraction of sp³-hybridized carbons (Fsp3) is 1.00. The lowest BCUT2D eigenvalue weighted by atomic mass is 10.3. The smallest absolute Gasteiger partial charge is 0.0704 e. The van der Waals surface area contributed by atoms with Gasteiger partial charge in [0.05, 0.1) is 32.5 Å². The summed E-state index contributed by atoms with van der Waals surface area (Å²) in [7, 11) is 1.68. The summed E-state index contributed by atoms with van der Waals surface area (Å²) in [4.78, 5) is 0. The number of nitrogens with one attached hydrogen (secondary N) is 1. The van der Waals surface area contributed by atoms with E-state index in [-0.39, 0.29) is 0 Å². The molecule has 4 nitrogen and oxygen atoms in total. The molecule has 1 fully saturated rings. The highest BCUT2D eigenvalue weighted by atomic mass is 16.5. The van der Waals surface area contributed by atoms with Crippen LogP contribution >= 0.6 is 0 Å². The Kier molecular flexibility index (Phi) is 7.76. The van der Waals surface area contributed by atoms with Crippen LogP contribution in [0.4, 0.5) is 0 Å². The van der Waals surface area contributed by atoms with Crippen molar-refractivity contribution in [2.75, 3.05) is 40.1 Å². The first kappa shape index (κ1) is 13.9. The van der Waals surface area contributed by atoms with E-state index in [4.69, 9.17) is 14.2 Å². The summed E-state index contributed by atoms with van der Waals surface area (Å²) in [5.74, 6) is 0. The zero-order valence-electron chi connectivity index (χ0n) is 10.5. The van der Waals surface area contributed by atoms with Crippen molar-refractivity contribution in [2.24, 2.45) is 0 Å². The van der Waals surface area contributed by atoms with E-state index in [1.807, 2.05) is 0 Å². The molecular formula is C12H25NO3. The lowest BCUT2D eigenvalue weighted by molar-refractivity contribution is -0.00704. The van der Waals surface area contributed by atoms with Gasteiger partial charge < -0.3 is 19.5 Å². The molecule has 1 aliphatic rings. The third kappa shape index (κ3) is 7.17. The Morgan fingerprint density at radius 3 is 2.56 bits per heavy atom. The summed E-state index contributed by atoms with van der Waals surface area (Å²) in [5, 5.41) is 3.48. The summed E-state index contributed by atoms with van der Waals surface area (Å²) < 4.78 is 15.9. The second-order valence-electron chi connectivity index (χ2n) is 4.19. The second-order valence-corrected chi connectivity index (χ2v) is 4.19. The van der Waals surface area contributed by atoms with E-state index in [0.717, 1.165) is 19.0 Å². The molecule has 0 amide bonds. The number of ether oxygens (including phenoxy) is 3. The van der Waals surface area contributed by atoms with Crippen LogP contribution in [0.2, 0.25) is 0 Å². The molecule has 0 aromatic carbocycles. The summed E-state index contributed by atoms with van der Waals surface area (Å²) >= 11 is 0. The van der Waals surface area contributed by atoms with Crippen molar-refractivity contribution in [1.29, 1.82) is 0 Å². The van der Waals surface area contributed by atoms with Crippen LogP contribution in [-0.4, -0.2) is 52.2 Å². The highest BCUT2D eigenvalue weighted by molar-refractivity contribution is 4.81. The second kappa shape index (κ2) is 8.93. The van der Waals surface area contributed by atoms with Crippen LogP contribution in [-0.2, 0) is 14.2 Å². The molecule has 0 saturated heterocycles. The lowest BCUT2D eigenvalue weighted by Crippen LogP contribution is -2.31. The van der Waals surface area contributed by atoms with Crippen molar-refractivity contribution in [3.63, 3.8) is 0 Å². The predicted molar refractivity (Wildman–Crippen MR) is 63.8 cm³/mol. The molecule has 96 valence electrons. The minimum Gasteiger partial charge on any atom is -0.382 e. The van der Waals surface area contributed by atoms with Crippen LogP contribution in [0.5, 0.6) is 0 Å². The van der Waals surface area contributed by atoms with Crippen LogP contribution in [0.25, 0.3) is 0 Å². The maximum atomic E-state index is 5.72. The first-order valence-corrected chi connectivity index (χ1v) is 6.28. The van der Waals surface area contributed by atoms with Crippen molar-refractivity contribution in [1.82, 2.24) is 5.32 Å². The van der Waals surface area contributed by atoms with Crippen LogP contribution < -0.4 is 5.32 Å². The average Bonchev–Trinajstić information content (AvgIpc) is 3.11. The molecule has 0 heterocycles. The Balaban J connectivity index is 1.87. The minimum absolute atomic E-state index is 0.326. The molecule has 0 aromatic rings. The van der Waals surface area contributed by atoms with Gasteiger partial charge in [-0.3, -0.25) is 0 Å². The van der Waals surface area contributed by atoms with Gasteiger partial charge >= 0.3 is 0 Å². The normalized spacial score (nSPS) is 17.6. The molecular weight excluding hydrogens is 206 g/mol. The maximum Gasteiger partial charge on any atom is 0.0704 e. The Bertz CT molecular complexity index is 162. The van der Waals surface area contributed by atoms with Gasteiger partial charge in [-0.05, 0) is 19.3 Å². The number of hydrogen-bond donors (Lipinski definition) is 1. The van der Waals surface area contributed by atoms with Gasteiger partial charge in [0.25, 0.3) is 0 Å². The van der Waals surface area contributed by atoms with E-state index in [9.17, 15) is 0 Å².